The third-order valence-corrected chi connectivity index (χ3v) is 7.59. The van der Waals surface area contributed by atoms with E-state index in [9.17, 15) is 35.9 Å². The number of aliphatic imine (C=N–C) groups is 1. The average Bonchev–Trinajstić information content (AvgIpc) is 3.32. The van der Waals surface area contributed by atoms with Crippen LogP contribution in [0.4, 0.5) is 26.3 Å². The number of carbonyl (C=O) groups is 1. The Morgan fingerprint density at radius 2 is 1.82 bits per heavy atom. The number of aromatic amines is 1. The molecule has 1 aliphatic carbocycles. The molecule has 0 bridgehead atoms. The van der Waals surface area contributed by atoms with Gasteiger partial charge in [-0.25, -0.2) is 5.10 Å². The van der Waals surface area contributed by atoms with Gasteiger partial charge in [-0.05, 0) is 56.9 Å². The number of hydrogen-bond donors (Lipinski definition) is 1. The number of aromatic nitrogens is 2. The van der Waals surface area contributed by atoms with Crippen LogP contribution in [0.3, 0.4) is 0 Å². The minimum atomic E-state index is -4.77. The first-order valence-corrected chi connectivity index (χ1v) is 12.6. The van der Waals surface area contributed by atoms with Crippen molar-refractivity contribution in [3.05, 3.63) is 38.8 Å². The van der Waals surface area contributed by atoms with Crippen molar-refractivity contribution in [1.82, 2.24) is 20.0 Å². The van der Waals surface area contributed by atoms with E-state index in [0.29, 0.717) is 39.0 Å². The topological polar surface area (TPSA) is 81.7 Å². The number of nitrogens with one attached hydrogen (secondary N) is 1. The van der Waals surface area contributed by atoms with Crippen molar-refractivity contribution in [3.8, 4) is 0 Å². The van der Waals surface area contributed by atoms with Crippen molar-refractivity contribution >= 4 is 12.1 Å². The van der Waals surface area contributed by atoms with Crippen molar-refractivity contribution < 1.29 is 31.1 Å². The van der Waals surface area contributed by atoms with E-state index in [1.807, 2.05) is 16.9 Å². The molecule has 1 amide bonds. The molecular weight excluding hydrogens is 516 g/mol. The summed E-state index contributed by atoms with van der Waals surface area (Å²) >= 11 is 0. The van der Waals surface area contributed by atoms with Gasteiger partial charge in [0.15, 0.2) is 0 Å². The molecular formula is C25H33F6N5O2. The van der Waals surface area contributed by atoms with Gasteiger partial charge in [0.2, 0.25) is 5.91 Å². The van der Waals surface area contributed by atoms with Gasteiger partial charge in [-0.1, -0.05) is 13.0 Å². The van der Waals surface area contributed by atoms with Crippen molar-refractivity contribution in [2.24, 2.45) is 22.7 Å². The maximum Gasteiger partial charge on any atom is 0.422 e. The van der Waals surface area contributed by atoms with Gasteiger partial charge in [-0.15, -0.1) is 0 Å². The van der Waals surface area contributed by atoms with Crippen LogP contribution in [0.15, 0.2) is 21.4 Å². The summed E-state index contributed by atoms with van der Waals surface area (Å²) in [6.45, 7) is 6.54. The molecule has 0 radical (unpaired) electrons. The van der Waals surface area contributed by atoms with E-state index in [1.54, 1.807) is 4.90 Å². The Kier molecular flexibility index (Phi) is 9.43. The lowest BCUT2D eigenvalue weighted by Gasteiger charge is -2.35. The Bertz CT molecular complexity index is 1100. The molecule has 1 aromatic heterocycles. The highest BCUT2D eigenvalue weighted by molar-refractivity contribution is 5.80. The fourth-order valence-electron chi connectivity index (χ4n) is 5.28. The molecule has 3 atom stereocenters. The van der Waals surface area contributed by atoms with Crippen LogP contribution in [0, 0.1) is 24.7 Å². The molecule has 1 aromatic rings. The molecule has 0 aromatic carbocycles. The van der Waals surface area contributed by atoms with Crippen LogP contribution in [0.2, 0.25) is 0 Å². The summed E-state index contributed by atoms with van der Waals surface area (Å²) in [5.41, 5.74) is -3.24. The highest BCUT2D eigenvalue weighted by Gasteiger charge is 2.39. The maximum absolute atomic E-state index is 13.3. The quantitative estimate of drug-likeness (QED) is 0.405. The third kappa shape index (κ3) is 7.23. The minimum Gasteiger partial charge on any atom is -0.340 e. The second-order valence-corrected chi connectivity index (χ2v) is 10.1. The number of hydrogen-bond acceptors (Lipinski definition) is 5. The lowest BCUT2D eigenvalue weighted by atomic mass is 9.86. The van der Waals surface area contributed by atoms with Crippen LogP contribution in [0.1, 0.15) is 49.9 Å². The largest absolute Gasteiger partial charge is 0.422 e. The van der Waals surface area contributed by atoms with E-state index in [4.69, 9.17) is 0 Å². The van der Waals surface area contributed by atoms with Gasteiger partial charge in [-0.3, -0.25) is 19.5 Å². The van der Waals surface area contributed by atoms with Gasteiger partial charge >= 0.3 is 12.4 Å². The van der Waals surface area contributed by atoms with Crippen molar-refractivity contribution in [2.45, 2.75) is 58.8 Å². The number of nitrogens with zero attached hydrogens (tertiary/aromatic N) is 4. The number of alkyl halides is 6. The van der Waals surface area contributed by atoms with E-state index in [2.05, 4.69) is 10.1 Å². The van der Waals surface area contributed by atoms with Crippen LogP contribution in [0.25, 0.3) is 0 Å². The summed E-state index contributed by atoms with van der Waals surface area (Å²) in [5, 5.41) is 5.82. The number of piperazine rings is 1. The zero-order valence-electron chi connectivity index (χ0n) is 21.6. The first-order chi connectivity index (χ1) is 17.7. The third-order valence-electron chi connectivity index (χ3n) is 7.59. The Morgan fingerprint density at radius 3 is 2.39 bits per heavy atom. The molecule has 2 fully saturated rings. The fraction of sp³-hybridized carbons (Fsp3) is 0.680. The van der Waals surface area contributed by atoms with Crippen LogP contribution in [0.5, 0.6) is 0 Å². The Balaban J connectivity index is 1.50. The molecule has 212 valence electrons. The minimum absolute atomic E-state index is 0.0283. The molecule has 1 saturated carbocycles. The average molecular weight is 550 g/mol. The molecule has 2 aliphatic rings. The second-order valence-electron chi connectivity index (χ2n) is 10.1. The smallest absolute Gasteiger partial charge is 0.340 e. The highest BCUT2D eigenvalue weighted by atomic mass is 19.4. The molecule has 1 aliphatic heterocycles. The predicted octanol–water partition coefficient (Wildman–Crippen LogP) is 4.37. The Morgan fingerprint density at radius 1 is 1.16 bits per heavy atom. The van der Waals surface area contributed by atoms with Gasteiger partial charge in [0.05, 0.1) is 17.9 Å². The van der Waals surface area contributed by atoms with Gasteiger partial charge in [-0.2, -0.15) is 31.4 Å². The summed E-state index contributed by atoms with van der Waals surface area (Å²) in [6, 6.07) is 0. The number of H-pyrrole nitrogens is 1. The predicted molar refractivity (Wildman–Crippen MR) is 130 cm³/mol. The molecule has 13 heteroatoms. The summed E-state index contributed by atoms with van der Waals surface area (Å²) in [6.07, 6.45) is -5.07. The number of halogens is 6. The first kappa shape index (κ1) is 29.9. The number of allylic oxidation sites excluding steroid dienone is 2. The van der Waals surface area contributed by atoms with E-state index in [-0.39, 0.29) is 48.0 Å². The number of rotatable bonds is 7. The SMILES string of the molecule is C/C=C(\C=N/CN1CCN(C(=O)C2CCC(C(C)Cc3n[nH]c(=O)c(C(F)(F)F)c3C)C2)CC1)C(F)(F)F. The van der Waals surface area contributed by atoms with E-state index >= 15 is 0 Å². The number of carbonyl (C=O) groups excluding carboxylic acids is 1. The summed E-state index contributed by atoms with van der Waals surface area (Å²) in [5.74, 6) is -0.0313. The van der Waals surface area contributed by atoms with E-state index < -0.39 is 29.0 Å². The van der Waals surface area contributed by atoms with Gasteiger partial charge < -0.3 is 4.90 Å². The van der Waals surface area contributed by atoms with Crippen molar-refractivity contribution in [1.29, 1.82) is 0 Å². The molecule has 2 heterocycles. The zero-order valence-corrected chi connectivity index (χ0v) is 21.6. The summed E-state index contributed by atoms with van der Waals surface area (Å²) < 4.78 is 78.2. The lowest BCUT2D eigenvalue weighted by molar-refractivity contribution is -0.139. The molecule has 1 saturated heterocycles. The van der Waals surface area contributed by atoms with Crippen LogP contribution >= 0.6 is 0 Å². The van der Waals surface area contributed by atoms with E-state index in [1.165, 1.54) is 13.8 Å². The van der Waals surface area contributed by atoms with Crippen LogP contribution in [-0.2, 0) is 17.4 Å². The number of amides is 1. The molecule has 38 heavy (non-hydrogen) atoms. The first-order valence-electron chi connectivity index (χ1n) is 12.6. The molecule has 1 N–H and O–H groups in total. The van der Waals surface area contributed by atoms with E-state index in [0.717, 1.165) is 18.7 Å². The highest BCUT2D eigenvalue weighted by Crippen LogP contribution is 2.39. The standard InChI is InChI=1S/C25H33F6N5O2/c1-4-19(24(26,27)28)13-32-14-35-7-9-36(10-8-35)23(38)18-6-5-17(12-18)15(2)11-20-16(3)21(25(29,30)31)22(37)34-33-20/h4,13,15,17-18H,5-12,14H2,1-3H3,(H,34,37)/b19-4+,32-13-. The van der Waals surface area contributed by atoms with Crippen molar-refractivity contribution in [2.75, 3.05) is 32.8 Å². The Hall–Kier alpha value is -2.70. The van der Waals surface area contributed by atoms with Crippen LogP contribution in [-0.4, -0.2) is 71.1 Å². The maximum atomic E-state index is 13.3. The normalized spacial score (nSPS) is 22.9. The summed E-state index contributed by atoms with van der Waals surface area (Å²) in [7, 11) is 0. The molecule has 7 nitrogen and oxygen atoms in total. The lowest BCUT2D eigenvalue weighted by Crippen LogP contribution is -2.50. The van der Waals surface area contributed by atoms with Gasteiger partial charge in [0.1, 0.15) is 5.56 Å². The zero-order chi connectivity index (χ0) is 28.3. The Labute approximate surface area is 217 Å². The molecule has 3 rings (SSSR count). The summed E-state index contributed by atoms with van der Waals surface area (Å²) in [4.78, 5) is 32.3. The van der Waals surface area contributed by atoms with Gasteiger partial charge in [0.25, 0.3) is 5.56 Å². The van der Waals surface area contributed by atoms with Gasteiger partial charge in [0, 0.05) is 38.3 Å². The molecule has 0 spiro atoms. The fourth-order valence-corrected chi connectivity index (χ4v) is 5.28. The monoisotopic (exact) mass is 549 g/mol. The molecule has 3 unspecified atom stereocenters. The second kappa shape index (κ2) is 12.0. The van der Waals surface area contributed by atoms with Crippen LogP contribution < -0.4 is 5.56 Å². The van der Waals surface area contributed by atoms with Crippen molar-refractivity contribution in [3.63, 3.8) is 0 Å².